The Morgan fingerprint density at radius 3 is 2.54 bits per heavy atom. The average molecular weight is 344 g/mol. The number of carboxylic acids is 1. The molecule has 2 heterocycles. The van der Waals surface area contributed by atoms with Crippen LogP contribution in [-0.4, -0.2) is 30.6 Å². The lowest BCUT2D eigenvalue weighted by Gasteiger charge is -2.12. The molecule has 0 aliphatic carbocycles. The molecule has 0 bridgehead atoms. The number of nitrogens with zero attached hydrogens (tertiary/aromatic N) is 3. The fourth-order valence-electron chi connectivity index (χ4n) is 3.01. The molecule has 4 rings (SSSR count). The Morgan fingerprint density at radius 1 is 1.04 bits per heavy atom. The van der Waals surface area contributed by atoms with Gasteiger partial charge in [-0.2, -0.15) is 0 Å². The fraction of sp³-hybridized carbons (Fsp3) is 0.0500. The monoisotopic (exact) mass is 344 g/mol. The van der Waals surface area contributed by atoms with Gasteiger partial charge in [-0.25, -0.2) is 14.8 Å². The minimum atomic E-state index is -0.967. The third-order valence-electron chi connectivity index (χ3n) is 4.17. The Hall–Kier alpha value is -3.67. The summed E-state index contributed by atoms with van der Waals surface area (Å²) in [5.41, 5.74) is 3.30. The molecule has 2 aromatic carbocycles. The third-order valence-corrected chi connectivity index (χ3v) is 4.17. The van der Waals surface area contributed by atoms with Crippen molar-refractivity contribution in [3.63, 3.8) is 0 Å². The lowest BCUT2D eigenvalue weighted by Crippen LogP contribution is -2.06. The number of aromatic carboxylic acids is 1. The number of carbonyl (C=O) groups is 1. The highest BCUT2D eigenvalue weighted by Gasteiger charge is 2.20. The molecule has 4 aromatic rings. The summed E-state index contributed by atoms with van der Waals surface area (Å²) in [5.74, 6) is -0.193. The second-order valence-electron chi connectivity index (χ2n) is 5.82. The molecule has 0 saturated carbocycles. The highest BCUT2D eigenvalue weighted by molar-refractivity contribution is 5.97. The zero-order valence-corrected chi connectivity index (χ0v) is 13.8. The van der Waals surface area contributed by atoms with Crippen LogP contribution < -0.4 is 0 Å². The maximum absolute atomic E-state index is 11.7. The lowest BCUT2D eigenvalue weighted by molar-refractivity contribution is 0.0697. The van der Waals surface area contributed by atoms with Crippen LogP contribution in [0.1, 0.15) is 16.2 Å². The summed E-state index contributed by atoms with van der Waals surface area (Å²) in [6, 6.07) is 16.7. The van der Waals surface area contributed by atoms with Crippen LogP contribution in [0.25, 0.3) is 22.5 Å². The Labute approximate surface area is 149 Å². The van der Waals surface area contributed by atoms with Gasteiger partial charge in [0.25, 0.3) is 0 Å². The van der Waals surface area contributed by atoms with Gasteiger partial charge in [0.05, 0.1) is 29.8 Å². The van der Waals surface area contributed by atoms with Gasteiger partial charge in [-0.1, -0.05) is 48.5 Å². The van der Waals surface area contributed by atoms with E-state index < -0.39 is 5.97 Å². The van der Waals surface area contributed by atoms with Gasteiger partial charge in [-0.3, -0.25) is 0 Å². The molecule has 0 aliphatic heterocycles. The summed E-state index contributed by atoms with van der Waals surface area (Å²) >= 11 is 0. The van der Waals surface area contributed by atoms with Gasteiger partial charge in [0, 0.05) is 23.5 Å². The predicted molar refractivity (Wildman–Crippen MR) is 97.7 cm³/mol. The first-order chi connectivity index (χ1) is 12.7. The van der Waals surface area contributed by atoms with Gasteiger partial charge in [-0.05, 0) is 6.07 Å². The molecule has 6 nitrogen and oxygen atoms in total. The van der Waals surface area contributed by atoms with E-state index in [0.717, 1.165) is 22.8 Å². The molecule has 6 heteroatoms. The number of hydrogen-bond donors (Lipinski definition) is 2. The molecule has 2 N–H and O–H groups in total. The topological polar surface area (TPSA) is 83.8 Å². The zero-order chi connectivity index (χ0) is 17.9. The first-order valence-corrected chi connectivity index (χ1v) is 8.15. The van der Waals surface area contributed by atoms with Gasteiger partial charge >= 0.3 is 5.97 Å². The second-order valence-corrected chi connectivity index (χ2v) is 5.82. The van der Waals surface area contributed by atoms with Crippen LogP contribution >= 0.6 is 0 Å². The van der Waals surface area contributed by atoms with E-state index in [0.29, 0.717) is 12.1 Å². The maximum Gasteiger partial charge on any atom is 0.336 e. The fourth-order valence-corrected chi connectivity index (χ4v) is 3.01. The van der Waals surface area contributed by atoms with Gasteiger partial charge in [0.2, 0.25) is 0 Å². The van der Waals surface area contributed by atoms with Crippen molar-refractivity contribution < 1.29 is 9.90 Å². The molecule has 26 heavy (non-hydrogen) atoms. The number of nitrogens with one attached hydrogen (secondary N) is 1. The molecule has 2 aromatic heterocycles. The van der Waals surface area contributed by atoms with E-state index in [4.69, 9.17) is 0 Å². The predicted octanol–water partition coefficient (Wildman–Crippen LogP) is 3.69. The molecule has 0 aliphatic rings. The third kappa shape index (κ3) is 2.88. The number of aromatic amines is 1. The van der Waals surface area contributed by atoms with Crippen LogP contribution in [-0.2, 0) is 6.54 Å². The number of aromatic nitrogens is 4. The minimum Gasteiger partial charge on any atom is -0.478 e. The summed E-state index contributed by atoms with van der Waals surface area (Å²) < 4.78 is 1.92. The van der Waals surface area contributed by atoms with Gasteiger partial charge in [0.15, 0.2) is 0 Å². The van der Waals surface area contributed by atoms with Crippen LogP contribution in [0.15, 0.2) is 73.3 Å². The van der Waals surface area contributed by atoms with E-state index >= 15 is 0 Å². The van der Waals surface area contributed by atoms with Crippen LogP contribution in [0, 0.1) is 0 Å². The van der Waals surface area contributed by atoms with Crippen LogP contribution in [0.2, 0.25) is 0 Å². The molecule has 0 radical (unpaired) electrons. The Bertz CT molecular complexity index is 1040. The van der Waals surface area contributed by atoms with Crippen molar-refractivity contribution >= 4 is 5.97 Å². The van der Waals surface area contributed by atoms with Crippen molar-refractivity contribution in [2.75, 3.05) is 0 Å². The summed E-state index contributed by atoms with van der Waals surface area (Å²) in [5, 5.41) is 9.63. The second kappa shape index (κ2) is 6.68. The molecular formula is C20H16N4O2. The molecule has 0 spiro atoms. The van der Waals surface area contributed by atoms with E-state index in [1.165, 1.54) is 0 Å². The minimum absolute atomic E-state index is 0.242. The largest absolute Gasteiger partial charge is 0.478 e. The van der Waals surface area contributed by atoms with E-state index in [9.17, 15) is 9.90 Å². The van der Waals surface area contributed by atoms with Crippen molar-refractivity contribution in [2.45, 2.75) is 6.54 Å². The summed E-state index contributed by atoms with van der Waals surface area (Å²) in [6.45, 7) is 0.468. The molecule has 128 valence electrons. The van der Waals surface area contributed by atoms with Gasteiger partial charge in [0.1, 0.15) is 5.82 Å². The lowest BCUT2D eigenvalue weighted by atomic mass is 10.00. The van der Waals surface area contributed by atoms with Crippen LogP contribution in [0.5, 0.6) is 0 Å². The summed E-state index contributed by atoms with van der Waals surface area (Å²) in [7, 11) is 0. The van der Waals surface area contributed by atoms with E-state index in [1.807, 2.05) is 47.0 Å². The highest BCUT2D eigenvalue weighted by Crippen LogP contribution is 2.33. The summed E-state index contributed by atoms with van der Waals surface area (Å²) in [4.78, 5) is 23.7. The molecular weight excluding hydrogens is 328 g/mol. The van der Waals surface area contributed by atoms with Crippen molar-refractivity contribution in [3.8, 4) is 22.5 Å². The number of imidazole rings is 2. The van der Waals surface area contributed by atoms with Crippen molar-refractivity contribution in [1.82, 2.24) is 19.5 Å². The smallest absolute Gasteiger partial charge is 0.336 e. The normalized spacial score (nSPS) is 10.8. The molecule has 0 saturated heterocycles. The number of H-pyrrole nitrogens is 1. The molecule has 0 fully saturated rings. The van der Waals surface area contributed by atoms with E-state index in [2.05, 4.69) is 15.0 Å². The number of hydrogen-bond acceptors (Lipinski definition) is 3. The van der Waals surface area contributed by atoms with Crippen molar-refractivity contribution in [3.05, 3.63) is 84.7 Å². The first-order valence-electron chi connectivity index (χ1n) is 8.15. The standard InChI is InChI=1S/C20H16N4O2/c25-20(26)16-9-5-4-8-15(16)19-18(14-6-2-1-3-7-14)23-13-24(19)12-17-21-10-11-22-17/h1-11,13H,12H2,(H,21,22)(H,25,26). The SMILES string of the molecule is O=C(O)c1ccccc1-c1c(-c2ccccc2)ncn1Cc1ncc[nH]1. The quantitative estimate of drug-likeness (QED) is 0.578. The van der Waals surface area contributed by atoms with Crippen molar-refractivity contribution in [2.24, 2.45) is 0 Å². The first kappa shape index (κ1) is 15.8. The van der Waals surface area contributed by atoms with Crippen molar-refractivity contribution in [1.29, 1.82) is 0 Å². The maximum atomic E-state index is 11.7. The van der Waals surface area contributed by atoms with Crippen LogP contribution in [0.4, 0.5) is 0 Å². The summed E-state index contributed by atoms with van der Waals surface area (Å²) in [6.07, 6.45) is 5.17. The number of carboxylic acid groups (broad SMARTS) is 1. The highest BCUT2D eigenvalue weighted by atomic mass is 16.4. The van der Waals surface area contributed by atoms with Gasteiger partial charge in [-0.15, -0.1) is 0 Å². The number of rotatable bonds is 5. The van der Waals surface area contributed by atoms with E-state index in [1.54, 1.807) is 30.9 Å². The Kier molecular flexibility index (Phi) is 4.07. The van der Waals surface area contributed by atoms with E-state index in [-0.39, 0.29) is 5.56 Å². The van der Waals surface area contributed by atoms with Gasteiger partial charge < -0.3 is 14.7 Å². The number of benzene rings is 2. The Morgan fingerprint density at radius 2 is 1.81 bits per heavy atom. The molecule has 0 amide bonds. The molecule has 0 unspecified atom stereocenters. The zero-order valence-electron chi connectivity index (χ0n) is 13.8. The average Bonchev–Trinajstić information content (AvgIpc) is 3.33. The Balaban J connectivity index is 1.93. The van der Waals surface area contributed by atoms with Crippen LogP contribution in [0.3, 0.4) is 0 Å². The molecule has 0 atom stereocenters.